The summed E-state index contributed by atoms with van der Waals surface area (Å²) < 4.78 is 0. The number of carbonyl (C=O) groups is 1. The number of hydrogen-bond donors (Lipinski definition) is 1. The van der Waals surface area contributed by atoms with Crippen LogP contribution in [0.1, 0.15) is 81.7 Å². The van der Waals surface area contributed by atoms with Crippen molar-refractivity contribution in [1.29, 1.82) is 0 Å². The van der Waals surface area contributed by atoms with Crippen molar-refractivity contribution in [3.05, 3.63) is 29.1 Å². The summed E-state index contributed by atoms with van der Waals surface area (Å²) in [7, 11) is 0. The molecule has 0 spiro atoms. The predicted octanol–water partition coefficient (Wildman–Crippen LogP) is 4.33. The van der Waals surface area contributed by atoms with E-state index in [2.05, 4.69) is 36.3 Å². The van der Waals surface area contributed by atoms with E-state index < -0.39 is 0 Å². The number of carbonyl (C=O) groups excluding carboxylic acids is 1. The normalized spacial score (nSPS) is 25.6. The molecule has 4 heteroatoms. The summed E-state index contributed by atoms with van der Waals surface area (Å²) in [6, 6.07) is 0. The van der Waals surface area contributed by atoms with Gasteiger partial charge in [-0.1, -0.05) is 32.4 Å². The summed E-state index contributed by atoms with van der Waals surface area (Å²) in [5, 5.41) is 2.78. The third-order valence-corrected chi connectivity index (χ3v) is 5.19. The molecule has 0 radical (unpaired) electrons. The lowest BCUT2D eigenvalue weighted by Crippen LogP contribution is -2.23. The van der Waals surface area contributed by atoms with Crippen LogP contribution in [-0.2, 0) is 11.2 Å². The quantitative estimate of drug-likeness (QED) is 0.823. The summed E-state index contributed by atoms with van der Waals surface area (Å²) >= 11 is 0. The minimum Gasteiger partial charge on any atom is -0.295 e. The van der Waals surface area contributed by atoms with Crippen LogP contribution >= 0.6 is 0 Å². The molecule has 1 amide bonds. The van der Waals surface area contributed by atoms with E-state index in [0.29, 0.717) is 23.7 Å². The lowest BCUT2D eigenvalue weighted by atomic mass is 9.73. The molecule has 1 aromatic heterocycles. The Hall–Kier alpha value is -1.71. The van der Waals surface area contributed by atoms with Crippen LogP contribution in [0.25, 0.3) is 0 Å². The Bertz CT molecular complexity index is 623. The van der Waals surface area contributed by atoms with Gasteiger partial charge >= 0.3 is 0 Å². The molecule has 0 aliphatic heterocycles. The number of hydrogen-bond acceptors (Lipinski definition) is 3. The Morgan fingerprint density at radius 1 is 1.35 bits per heavy atom. The molecular weight excluding hydrogens is 286 g/mol. The fourth-order valence-corrected chi connectivity index (χ4v) is 4.11. The van der Waals surface area contributed by atoms with Crippen LogP contribution in [0.2, 0.25) is 0 Å². The predicted molar refractivity (Wildman–Crippen MR) is 92.6 cm³/mol. The fraction of sp³-hybridized carbons (Fsp3) is 0.632. The lowest BCUT2D eigenvalue weighted by molar-refractivity contribution is -0.114. The second-order valence-corrected chi connectivity index (χ2v) is 7.02. The third kappa shape index (κ3) is 3.31. The summed E-state index contributed by atoms with van der Waals surface area (Å²) in [4.78, 5) is 20.7. The molecule has 23 heavy (non-hydrogen) atoms. The van der Waals surface area contributed by atoms with E-state index in [1.54, 1.807) is 0 Å². The van der Waals surface area contributed by atoms with Gasteiger partial charge in [0.1, 0.15) is 0 Å². The first-order valence-electron chi connectivity index (χ1n) is 8.93. The molecule has 2 aliphatic carbocycles. The number of allylic oxidation sites excluding steroid dienone is 2. The Morgan fingerprint density at radius 3 is 2.91 bits per heavy atom. The zero-order valence-corrected chi connectivity index (χ0v) is 14.4. The molecule has 2 aliphatic rings. The van der Waals surface area contributed by atoms with E-state index in [1.807, 2.05) is 0 Å². The second kappa shape index (κ2) is 6.81. The average Bonchev–Trinajstić information content (AvgIpc) is 2.89. The van der Waals surface area contributed by atoms with Crippen LogP contribution in [0.4, 0.5) is 5.95 Å². The average molecular weight is 313 g/mol. The number of nitrogens with one attached hydrogen (secondary N) is 1. The van der Waals surface area contributed by atoms with Gasteiger partial charge in [-0.3, -0.25) is 10.1 Å². The van der Waals surface area contributed by atoms with Gasteiger partial charge in [-0.2, -0.15) is 0 Å². The van der Waals surface area contributed by atoms with Crippen LogP contribution in [0.5, 0.6) is 0 Å². The highest BCUT2D eigenvalue weighted by atomic mass is 16.1. The molecule has 0 saturated carbocycles. The number of anilines is 1. The molecule has 0 bridgehead atoms. The first-order valence-corrected chi connectivity index (χ1v) is 8.93. The molecule has 1 heterocycles. The Morgan fingerprint density at radius 2 is 2.17 bits per heavy atom. The van der Waals surface area contributed by atoms with Gasteiger partial charge in [0, 0.05) is 18.5 Å². The van der Waals surface area contributed by atoms with E-state index in [4.69, 9.17) is 4.98 Å². The number of nitrogens with zero attached hydrogens (tertiary/aromatic N) is 2. The van der Waals surface area contributed by atoms with Gasteiger partial charge in [-0.25, -0.2) is 9.97 Å². The summed E-state index contributed by atoms with van der Waals surface area (Å²) in [5.41, 5.74) is 3.76. The van der Waals surface area contributed by atoms with Crippen molar-refractivity contribution < 1.29 is 4.79 Å². The maximum atomic E-state index is 11.4. The highest BCUT2D eigenvalue weighted by Gasteiger charge is 2.38. The van der Waals surface area contributed by atoms with Crippen molar-refractivity contribution in [2.45, 2.75) is 71.1 Å². The lowest BCUT2D eigenvalue weighted by Gasteiger charge is -2.33. The smallest absolute Gasteiger partial charge is 0.229 e. The van der Waals surface area contributed by atoms with Crippen molar-refractivity contribution in [1.82, 2.24) is 9.97 Å². The van der Waals surface area contributed by atoms with Gasteiger partial charge < -0.3 is 0 Å². The van der Waals surface area contributed by atoms with E-state index >= 15 is 0 Å². The third-order valence-electron chi connectivity index (χ3n) is 5.19. The molecular formula is C19H27N3O. The number of amides is 1. The molecule has 3 rings (SSSR count). The molecule has 0 saturated heterocycles. The Balaban J connectivity index is 1.93. The van der Waals surface area contributed by atoms with Gasteiger partial charge in [0.25, 0.3) is 0 Å². The van der Waals surface area contributed by atoms with E-state index in [-0.39, 0.29) is 5.91 Å². The number of rotatable bonds is 5. The SMILES string of the molecule is CCCC=CCC1c2nc(NC(C)=O)nc3c2C(CC3)CC1C. The Labute approximate surface area is 138 Å². The minimum absolute atomic E-state index is 0.102. The van der Waals surface area contributed by atoms with Gasteiger partial charge in [0.15, 0.2) is 0 Å². The number of unbranched alkanes of at least 4 members (excludes halogenated alkanes) is 1. The number of aromatic nitrogens is 2. The molecule has 3 atom stereocenters. The summed E-state index contributed by atoms with van der Waals surface area (Å²) in [6.45, 7) is 6.06. The van der Waals surface area contributed by atoms with Crippen LogP contribution in [-0.4, -0.2) is 15.9 Å². The molecule has 1 N–H and O–H groups in total. The molecule has 0 aromatic carbocycles. The van der Waals surface area contributed by atoms with Gasteiger partial charge in [0.05, 0.1) is 5.69 Å². The van der Waals surface area contributed by atoms with Crippen molar-refractivity contribution in [2.75, 3.05) is 5.32 Å². The van der Waals surface area contributed by atoms with Crippen molar-refractivity contribution in [3.8, 4) is 0 Å². The van der Waals surface area contributed by atoms with Crippen LogP contribution in [0.3, 0.4) is 0 Å². The molecule has 4 nitrogen and oxygen atoms in total. The molecule has 0 fully saturated rings. The zero-order valence-electron chi connectivity index (χ0n) is 14.4. The number of aryl methyl sites for hydroxylation is 1. The Kier molecular flexibility index (Phi) is 4.79. The maximum absolute atomic E-state index is 11.4. The van der Waals surface area contributed by atoms with Gasteiger partial charge in [-0.15, -0.1) is 0 Å². The van der Waals surface area contributed by atoms with Gasteiger partial charge in [0.2, 0.25) is 11.9 Å². The van der Waals surface area contributed by atoms with E-state index in [0.717, 1.165) is 25.0 Å². The second-order valence-electron chi connectivity index (χ2n) is 7.02. The molecule has 124 valence electrons. The fourth-order valence-electron chi connectivity index (χ4n) is 4.11. The van der Waals surface area contributed by atoms with Crippen molar-refractivity contribution in [3.63, 3.8) is 0 Å². The summed E-state index contributed by atoms with van der Waals surface area (Å²) in [5.74, 6) is 2.09. The molecule has 1 aromatic rings. The minimum atomic E-state index is -0.102. The topological polar surface area (TPSA) is 54.9 Å². The standard InChI is InChI=1S/C19H27N3O/c1-4-5-6-7-8-15-12(2)11-14-9-10-16-17(14)18(15)22-19(21-16)20-13(3)23/h6-7,12,14-15H,4-5,8-11H2,1-3H3,(H,20,21,22,23). The summed E-state index contributed by atoms with van der Waals surface area (Å²) in [6.07, 6.45) is 11.4. The molecule has 3 unspecified atom stereocenters. The van der Waals surface area contributed by atoms with Crippen LogP contribution in [0, 0.1) is 5.92 Å². The van der Waals surface area contributed by atoms with Crippen LogP contribution in [0.15, 0.2) is 12.2 Å². The van der Waals surface area contributed by atoms with Crippen molar-refractivity contribution >= 4 is 11.9 Å². The first kappa shape index (κ1) is 16.2. The van der Waals surface area contributed by atoms with Gasteiger partial charge in [-0.05, 0) is 49.5 Å². The van der Waals surface area contributed by atoms with E-state index in [1.165, 1.54) is 37.4 Å². The highest BCUT2D eigenvalue weighted by molar-refractivity contribution is 5.86. The maximum Gasteiger partial charge on any atom is 0.229 e. The highest BCUT2D eigenvalue weighted by Crippen LogP contribution is 2.49. The monoisotopic (exact) mass is 313 g/mol. The largest absolute Gasteiger partial charge is 0.295 e. The van der Waals surface area contributed by atoms with Crippen molar-refractivity contribution in [2.24, 2.45) is 5.92 Å². The van der Waals surface area contributed by atoms with Crippen LogP contribution < -0.4 is 5.32 Å². The van der Waals surface area contributed by atoms with E-state index in [9.17, 15) is 4.79 Å². The first-order chi connectivity index (χ1) is 11.1. The zero-order chi connectivity index (χ0) is 16.4.